The third-order valence-electron chi connectivity index (χ3n) is 5.36. The molecule has 0 saturated carbocycles. The average molecular weight is 384 g/mol. The molecule has 0 aromatic carbocycles. The van der Waals surface area contributed by atoms with Gasteiger partial charge in [0.2, 0.25) is 0 Å². The van der Waals surface area contributed by atoms with Crippen LogP contribution in [0.2, 0.25) is 0 Å². The van der Waals surface area contributed by atoms with Crippen LogP contribution >= 0.6 is 11.8 Å². The van der Waals surface area contributed by atoms with E-state index in [0.717, 1.165) is 36.1 Å². The number of pyridine rings is 1. The van der Waals surface area contributed by atoms with Gasteiger partial charge in [0.25, 0.3) is 0 Å². The highest BCUT2D eigenvalue weighted by molar-refractivity contribution is 8.14. The lowest BCUT2D eigenvalue weighted by Gasteiger charge is -2.33. The number of thioether (sulfide) groups is 1. The van der Waals surface area contributed by atoms with Gasteiger partial charge >= 0.3 is 0 Å². The number of nitrogens with zero attached hydrogens (tertiary/aromatic N) is 4. The van der Waals surface area contributed by atoms with Gasteiger partial charge in [-0.1, -0.05) is 17.8 Å². The zero-order chi connectivity index (χ0) is 18.8. The van der Waals surface area contributed by atoms with Crippen LogP contribution in [0.1, 0.15) is 31.2 Å². The molecule has 3 aliphatic heterocycles. The molecule has 1 N–H and O–H groups in total. The van der Waals surface area contributed by atoms with Crippen LogP contribution in [-0.4, -0.2) is 58.2 Å². The van der Waals surface area contributed by atoms with E-state index in [1.807, 2.05) is 11.8 Å². The third-order valence-corrected chi connectivity index (χ3v) is 6.48. The van der Waals surface area contributed by atoms with Crippen LogP contribution in [0.5, 0.6) is 0 Å². The average Bonchev–Trinajstić information content (AvgIpc) is 2.99. The van der Waals surface area contributed by atoms with Gasteiger partial charge in [0.05, 0.1) is 16.0 Å². The van der Waals surface area contributed by atoms with E-state index in [-0.39, 0.29) is 6.17 Å². The fraction of sp³-hybridized carbons (Fsp3) is 0.571. The Labute approximate surface area is 166 Å². The zero-order valence-electron chi connectivity index (χ0n) is 16.5. The van der Waals surface area contributed by atoms with Crippen molar-refractivity contribution in [3.63, 3.8) is 0 Å². The predicted molar refractivity (Wildman–Crippen MR) is 116 cm³/mol. The number of dihydropyridines is 1. The molecule has 1 saturated heterocycles. The van der Waals surface area contributed by atoms with Crippen molar-refractivity contribution in [1.82, 2.24) is 9.88 Å². The standard InChI is InChI=1S/C21H29N5S/c1-14-9-19(10-15(2)23-14)22-11-17-5-4-8-26(12-17)13-18-6-7-20-21(25-18)24-16(3)27-20/h6-7,9-10,17,20-21H,4-5,8,11-13H2,1-3H3,(H,22,23). The highest BCUT2D eigenvalue weighted by Gasteiger charge is 2.29. The van der Waals surface area contributed by atoms with Gasteiger partial charge in [-0.05, 0) is 64.3 Å². The van der Waals surface area contributed by atoms with Gasteiger partial charge in [0.15, 0.2) is 6.17 Å². The number of aromatic nitrogens is 1. The Kier molecular flexibility index (Phi) is 5.64. The van der Waals surface area contributed by atoms with E-state index in [1.165, 1.54) is 30.8 Å². The minimum Gasteiger partial charge on any atom is -0.385 e. The Hall–Kier alpha value is -1.66. The monoisotopic (exact) mass is 383 g/mol. The molecule has 0 spiro atoms. The molecule has 3 unspecified atom stereocenters. The first kappa shape index (κ1) is 18.7. The van der Waals surface area contributed by atoms with Crippen LogP contribution in [0.25, 0.3) is 0 Å². The first-order valence-corrected chi connectivity index (χ1v) is 10.8. The summed E-state index contributed by atoms with van der Waals surface area (Å²) in [4.78, 5) is 16.5. The topological polar surface area (TPSA) is 52.9 Å². The number of piperidine rings is 1. The molecule has 4 rings (SSSR count). The summed E-state index contributed by atoms with van der Waals surface area (Å²) in [5, 5.41) is 5.20. The summed E-state index contributed by atoms with van der Waals surface area (Å²) in [5.74, 6) is 0.677. The second-order valence-electron chi connectivity index (χ2n) is 7.89. The van der Waals surface area contributed by atoms with Gasteiger partial charge in [-0.2, -0.15) is 0 Å². The summed E-state index contributed by atoms with van der Waals surface area (Å²) in [5.41, 5.74) is 4.52. The molecule has 1 aromatic heterocycles. The van der Waals surface area contributed by atoms with Gasteiger partial charge in [0.1, 0.15) is 0 Å². The van der Waals surface area contributed by atoms with Gasteiger partial charge < -0.3 is 5.32 Å². The summed E-state index contributed by atoms with van der Waals surface area (Å²) >= 11 is 1.83. The van der Waals surface area contributed by atoms with Crippen LogP contribution in [0.4, 0.5) is 5.69 Å². The van der Waals surface area contributed by atoms with E-state index < -0.39 is 0 Å². The van der Waals surface area contributed by atoms with E-state index >= 15 is 0 Å². The number of likely N-dealkylation sites (tertiary alicyclic amines) is 1. The molecule has 1 fully saturated rings. The lowest BCUT2D eigenvalue weighted by molar-refractivity contribution is 0.203. The van der Waals surface area contributed by atoms with Crippen LogP contribution in [0, 0.1) is 19.8 Å². The number of hydrogen-bond acceptors (Lipinski definition) is 6. The molecule has 0 radical (unpaired) electrons. The SMILES string of the molecule is CC1=NC2N=C(CN3CCCC(CNc4cc(C)nc(C)c4)C3)C=CC2S1. The number of nitrogens with one attached hydrogen (secondary N) is 1. The Morgan fingerprint density at radius 1 is 1.19 bits per heavy atom. The number of rotatable bonds is 5. The number of fused-ring (bicyclic) bond motifs is 1. The molecular formula is C21H29N5S. The van der Waals surface area contributed by atoms with Crippen LogP contribution in [0.3, 0.4) is 0 Å². The van der Waals surface area contributed by atoms with Crippen molar-refractivity contribution in [2.24, 2.45) is 15.9 Å². The molecule has 0 aliphatic carbocycles. The van der Waals surface area contributed by atoms with Gasteiger partial charge in [0, 0.05) is 36.7 Å². The summed E-state index contributed by atoms with van der Waals surface area (Å²) in [7, 11) is 0. The van der Waals surface area contributed by atoms with Crippen LogP contribution in [0.15, 0.2) is 34.3 Å². The van der Waals surface area contributed by atoms with Crippen molar-refractivity contribution in [3.8, 4) is 0 Å². The van der Waals surface area contributed by atoms with Gasteiger partial charge in [-0.25, -0.2) is 0 Å². The van der Waals surface area contributed by atoms with E-state index in [4.69, 9.17) is 4.99 Å². The van der Waals surface area contributed by atoms with E-state index in [9.17, 15) is 0 Å². The fourth-order valence-corrected chi connectivity index (χ4v) is 5.15. The highest BCUT2D eigenvalue weighted by atomic mass is 32.2. The molecule has 6 heteroatoms. The van der Waals surface area contributed by atoms with Crippen molar-refractivity contribution in [2.45, 2.75) is 45.0 Å². The number of anilines is 1. The Morgan fingerprint density at radius 3 is 2.81 bits per heavy atom. The number of aryl methyl sites for hydroxylation is 2. The van der Waals surface area contributed by atoms with Gasteiger partial charge in [-0.15, -0.1) is 0 Å². The molecule has 144 valence electrons. The van der Waals surface area contributed by atoms with Gasteiger partial charge in [-0.3, -0.25) is 19.9 Å². The van der Waals surface area contributed by atoms with Crippen LogP contribution in [-0.2, 0) is 0 Å². The summed E-state index contributed by atoms with van der Waals surface area (Å²) in [6, 6.07) is 4.27. The molecule has 3 atom stereocenters. The molecule has 5 nitrogen and oxygen atoms in total. The second-order valence-corrected chi connectivity index (χ2v) is 9.26. The van der Waals surface area contributed by atoms with E-state index in [1.54, 1.807) is 0 Å². The maximum absolute atomic E-state index is 4.88. The first-order valence-electron chi connectivity index (χ1n) is 9.92. The Bertz CT molecular complexity index is 765. The molecule has 0 amide bonds. The van der Waals surface area contributed by atoms with Crippen molar-refractivity contribution in [1.29, 1.82) is 0 Å². The smallest absolute Gasteiger partial charge is 0.156 e. The number of aliphatic imine (C=N–C) groups is 2. The van der Waals surface area contributed by atoms with E-state index in [0.29, 0.717) is 11.2 Å². The van der Waals surface area contributed by atoms with Crippen molar-refractivity contribution in [3.05, 3.63) is 35.7 Å². The van der Waals surface area contributed by atoms with E-state index in [2.05, 4.69) is 65.2 Å². The molecule has 3 aliphatic rings. The maximum atomic E-state index is 4.88. The van der Waals surface area contributed by atoms with Crippen LogP contribution < -0.4 is 5.32 Å². The quantitative estimate of drug-likeness (QED) is 0.842. The molecule has 4 heterocycles. The maximum Gasteiger partial charge on any atom is 0.156 e. The second kappa shape index (κ2) is 8.15. The summed E-state index contributed by atoms with van der Waals surface area (Å²) in [6.07, 6.45) is 7.16. The van der Waals surface area contributed by atoms with Crippen molar-refractivity contribution < 1.29 is 0 Å². The van der Waals surface area contributed by atoms with Crippen molar-refractivity contribution in [2.75, 3.05) is 31.5 Å². The summed E-state index contributed by atoms with van der Waals surface area (Å²) < 4.78 is 0. The Morgan fingerprint density at radius 2 is 2.00 bits per heavy atom. The first-order chi connectivity index (χ1) is 13.0. The molecule has 27 heavy (non-hydrogen) atoms. The molecular weight excluding hydrogens is 354 g/mol. The van der Waals surface area contributed by atoms with Crippen molar-refractivity contribution >= 4 is 28.2 Å². The number of hydrogen-bond donors (Lipinski definition) is 1. The lowest BCUT2D eigenvalue weighted by atomic mass is 9.97. The molecule has 0 bridgehead atoms. The Balaban J connectivity index is 1.31. The molecule has 1 aromatic rings. The fourth-order valence-electron chi connectivity index (χ4n) is 4.19. The largest absolute Gasteiger partial charge is 0.385 e. The predicted octanol–water partition coefficient (Wildman–Crippen LogP) is 3.69. The summed E-state index contributed by atoms with van der Waals surface area (Å²) in [6.45, 7) is 10.5. The normalized spacial score (nSPS) is 27.9. The minimum atomic E-state index is 0.107. The third kappa shape index (κ3) is 4.79. The minimum absolute atomic E-state index is 0.107. The highest BCUT2D eigenvalue weighted by Crippen LogP contribution is 2.31. The lowest BCUT2D eigenvalue weighted by Crippen LogP contribution is -2.41. The zero-order valence-corrected chi connectivity index (χ0v) is 17.3.